The van der Waals surface area contributed by atoms with Crippen LogP contribution >= 0.6 is 11.6 Å². The highest BCUT2D eigenvalue weighted by molar-refractivity contribution is 6.35. The minimum atomic E-state index is -4.59. The van der Waals surface area contributed by atoms with Crippen LogP contribution < -0.4 is 0 Å². The number of halogens is 5. The Hall–Kier alpha value is -1.36. The summed E-state index contributed by atoms with van der Waals surface area (Å²) in [4.78, 5) is 3.32. The molecule has 0 unspecified atom stereocenters. The van der Waals surface area contributed by atoms with Gasteiger partial charge in [0.25, 0.3) is 0 Å². The molecule has 0 N–H and O–H groups in total. The predicted molar refractivity (Wildman–Crippen MR) is 51.7 cm³/mol. The number of benzene rings is 1. The summed E-state index contributed by atoms with van der Waals surface area (Å²) in [6, 6.07) is 4.29. The number of hydrogen-bond donors (Lipinski definition) is 0. The number of nitrogens with zero attached hydrogens (tertiary/aromatic N) is 1. The second-order valence-electron chi connectivity index (χ2n) is 3.12. The molecule has 0 radical (unpaired) electrons. The highest BCUT2D eigenvalue weighted by Crippen LogP contribution is 2.33. The summed E-state index contributed by atoms with van der Waals surface area (Å²) in [6.45, 7) is 0. The third-order valence-corrected chi connectivity index (χ3v) is 2.32. The maximum absolute atomic E-state index is 13.3. The molecule has 1 aromatic carbocycles. The van der Waals surface area contributed by atoms with Crippen molar-refractivity contribution in [2.45, 2.75) is 6.18 Å². The van der Waals surface area contributed by atoms with Crippen molar-refractivity contribution in [1.29, 1.82) is 0 Å². The van der Waals surface area contributed by atoms with Crippen LogP contribution in [0, 0.1) is 5.82 Å². The van der Waals surface area contributed by atoms with Crippen LogP contribution in [0.5, 0.6) is 0 Å². The van der Waals surface area contributed by atoms with Gasteiger partial charge in [0.15, 0.2) is 0 Å². The van der Waals surface area contributed by atoms with E-state index in [-0.39, 0.29) is 15.9 Å². The Morgan fingerprint density at radius 3 is 2.50 bits per heavy atom. The molecule has 0 aliphatic carbocycles. The van der Waals surface area contributed by atoms with Crippen molar-refractivity contribution in [2.24, 2.45) is 0 Å². The van der Waals surface area contributed by atoms with Gasteiger partial charge in [-0.2, -0.15) is 13.2 Å². The minimum Gasteiger partial charge on any atom is -0.243 e. The third kappa shape index (κ3) is 1.82. The molecule has 6 heteroatoms. The molecule has 0 saturated carbocycles. The molecule has 1 nitrogen and oxygen atoms in total. The van der Waals surface area contributed by atoms with Crippen LogP contribution in [0.3, 0.4) is 0 Å². The number of hydrogen-bond acceptors (Lipinski definition) is 1. The van der Waals surface area contributed by atoms with Gasteiger partial charge in [-0.3, -0.25) is 0 Å². The fourth-order valence-corrected chi connectivity index (χ4v) is 1.63. The van der Waals surface area contributed by atoms with Crippen LogP contribution in [0.25, 0.3) is 10.9 Å². The van der Waals surface area contributed by atoms with Crippen LogP contribution in [-0.2, 0) is 6.18 Å². The molecule has 16 heavy (non-hydrogen) atoms. The maximum Gasteiger partial charge on any atom is 0.433 e. The Morgan fingerprint density at radius 2 is 1.88 bits per heavy atom. The topological polar surface area (TPSA) is 12.9 Å². The van der Waals surface area contributed by atoms with Gasteiger partial charge in [-0.25, -0.2) is 9.37 Å². The number of aromatic nitrogens is 1. The fraction of sp³-hybridized carbons (Fsp3) is 0.100. The van der Waals surface area contributed by atoms with Crippen molar-refractivity contribution < 1.29 is 17.6 Å². The van der Waals surface area contributed by atoms with E-state index in [4.69, 9.17) is 11.6 Å². The lowest BCUT2D eigenvalue weighted by atomic mass is 10.2. The Morgan fingerprint density at radius 1 is 1.19 bits per heavy atom. The fourth-order valence-electron chi connectivity index (χ4n) is 1.34. The van der Waals surface area contributed by atoms with E-state index in [1.165, 1.54) is 12.1 Å². The third-order valence-electron chi connectivity index (χ3n) is 2.03. The van der Waals surface area contributed by atoms with Gasteiger partial charge in [-0.1, -0.05) is 17.7 Å². The van der Waals surface area contributed by atoms with Gasteiger partial charge in [0.05, 0.1) is 15.9 Å². The van der Waals surface area contributed by atoms with E-state index in [0.717, 1.165) is 6.07 Å². The summed E-state index contributed by atoms with van der Waals surface area (Å²) < 4.78 is 50.4. The van der Waals surface area contributed by atoms with Gasteiger partial charge < -0.3 is 0 Å². The standard InChI is InChI=1S/C10H4ClF4N/c11-5-4-8(10(13,14)15)16-7-3-1-2-6(12)9(5)7/h1-4H. The molecule has 0 saturated heterocycles. The van der Waals surface area contributed by atoms with E-state index in [0.29, 0.717) is 6.07 Å². The first kappa shape index (κ1) is 11.1. The normalized spacial score (nSPS) is 12.1. The van der Waals surface area contributed by atoms with Crippen LogP contribution in [0.2, 0.25) is 5.02 Å². The van der Waals surface area contributed by atoms with Crippen molar-refractivity contribution >= 4 is 22.5 Å². The Kier molecular flexibility index (Phi) is 2.50. The summed E-state index contributed by atoms with van der Waals surface area (Å²) in [5, 5.41) is -0.396. The van der Waals surface area contributed by atoms with E-state index in [2.05, 4.69) is 4.98 Å². The van der Waals surface area contributed by atoms with E-state index in [9.17, 15) is 17.6 Å². The molecule has 0 bridgehead atoms. The Balaban J connectivity index is 2.79. The zero-order valence-electron chi connectivity index (χ0n) is 7.65. The predicted octanol–water partition coefficient (Wildman–Crippen LogP) is 4.05. The summed E-state index contributed by atoms with van der Waals surface area (Å²) in [5.74, 6) is -0.691. The van der Waals surface area contributed by atoms with Gasteiger partial charge in [0.2, 0.25) is 0 Å². The molecule has 0 aliphatic heterocycles. The van der Waals surface area contributed by atoms with Gasteiger partial charge >= 0.3 is 6.18 Å². The van der Waals surface area contributed by atoms with Gasteiger partial charge in [-0.05, 0) is 18.2 Å². The number of fused-ring (bicyclic) bond motifs is 1. The van der Waals surface area contributed by atoms with Gasteiger partial charge in [-0.15, -0.1) is 0 Å². The monoisotopic (exact) mass is 249 g/mol. The van der Waals surface area contributed by atoms with Crippen LogP contribution in [0.4, 0.5) is 17.6 Å². The molecule has 84 valence electrons. The van der Waals surface area contributed by atoms with E-state index >= 15 is 0 Å². The molecule has 0 atom stereocenters. The average Bonchev–Trinajstić information content (AvgIpc) is 2.15. The largest absolute Gasteiger partial charge is 0.433 e. The molecule has 0 aliphatic rings. The first-order chi connectivity index (χ1) is 7.39. The average molecular weight is 250 g/mol. The molecule has 0 fully saturated rings. The molecule has 0 spiro atoms. The minimum absolute atomic E-state index is 0.0998. The Labute approximate surface area is 92.7 Å². The van der Waals surface area contributed by atoms with E-state index in [1.54, 1.807) is 0 Å². The lowest BCUT2D eigenvalue weighted by Gasteiger charge is -2.08. The van der Waals surface area contributed by atoms with Crippen molar-refractivity contribution in [3.05, 3.63) is 40.8 Å². The second-order valence-corrected chi connectivity index (χ2v) is 3.53. The number of pyridine rings is 1. The molecule has 1 heterocycles. The van der Waals surface area contributed by atoms with Crippen LogP contribution in [-0.4, -0.2) is 4.98 Å². The van der Waals surface area contributed by atoms with Gasteiger partial charge in [0, 0.05) is 0 Å². The second kappa shape index (κ2) is 3.59. The highest BCUT2D eigenvalue weighted by atomic mass is 35.5. The van der Waals surface area contributed by atoms with Crippen molar-refractivity contribution in [2.75, 3.05) is 0 Å². The lowest BCUT2D eigenvalue weighted by Crippen LogP contribution is -2.08. The molecule has 2 rings (SSSR count). The number of rotatable bonds is 0. The highest BCUT2D eigenvalue weighted by Gasteiger charge is 2.33. The van der Waals surface area contributed by atoms with Crippen molar-refractivity contribution in [3.8, 4) is 0 Å². The van der Waals surface area contributed by atoms with Crippen molar-refractivity contribution in [1.82, 2.24) is 4.98 Å². The smallest absolute Gasteiger partial charge is 0.243 e. The number of alkyl halides is 3. The molecule has 2 aromatic rings. The maximum atomic E-state index is 13.3. The Bertz CT molecular complexity index is 550. The first-order valence-corrected chi connectivity index (χ1v) is 4.59. The summed E-state index contributed by atoms with van der Waals surface area (Å²) >= 11 is 5.59. The van der Waals surface area contributed by atoms with E-state index < -0.39 is 17.7 Å². The molecular formula is C10H4ClF4N. The molecule has 0 amide bonds. The summed E-state index contributed by atoms with van der Waals surface area (Å²) in [6.07, 6.45) is -4.59. The van der Waals surface area contributed by atoms with Crippen molar-refractivity contribution in [3.63, 3.8) is 0 Å². The lowest BCUT2D eigenvalue weighted by molar-refractivity contribution is -0.140. The van der Waals surface area contributed by atoms with Gasteiger partial charge in [0.1, 0.15) is 11.5 Å². The van der Waals surface area contributed by atoms with E-state index in [1.807, 2.05) is 0 Å². The zero-order chi connectivity index (χ0) is 11.9. The molecular weight excluding hydrogens is 246 g/mol. The SMILES string of the molecule is Fc1cccc2nc(C(F)(F)F)cc(Cl)c12. The summed E-state index contributed by atoms with van der Waals surface area (Å²) in [5.41, 5.74) is -1.24. The summed E-state index contributed by atoms with van der Waals surface area (Å²) in [7, 11) is 0. The quantitative estimate of drug-likeness (QED) is 0.642. The first-order valence-electron chi connectivity index (χ1n) is 4.21. The van der Waals surface area contributed by atoms with Crippen LogP contribution in [0.1, 0.15) is 5.69 Å². The van der Waals surface area contributed by atoms with Crippen LogP contribution in [0.15, 0.2) is 24.3 Å². The zero-order valence-corrected chi connectivity index (χ0v) is 8.40. The molecule has 1 aromatic heterocycles.